The minimum absolute atomic E-state index is 0.740. The molecule has 4 rings (SSSR count). The summed E-state index contributed by atoms with van der Waals surface area (Å²) < 4.78 is 12.8. The van der Waals surface area contributed by atoms with Gasteiger partial charge in [0.1, 0.15) is 11.5 Å². The lowest BCUT2D eigenvalue weighted by molar-refractivity contribution is 0.388. The van der Waals surface area contributed by atoms with E-state index in [4.69, 9.17) is 9.47 Å². The predicted molar refractivity (Wildman–Crippen MR) is 108 cm³/mol. The van der Waals surface area contributed by atoms with Crippen LogP contribution in [0.3, 0.4) is 0 Å². The lowest BCUT2D eigenvalue weighted by Crippen LogP contribution is -2.02. The highest BCUT2D eigenvalue weighted by Gasteiger charge is 2.14. The van der Waals surface area contributed by atoms with Gasteiger partial charge in [-0.2, -0.15) is 0 Å². The standard InChI is InChI=1S/C22H20N4O2/c1-15-21(27-2)12-19(13-22(15)28-3)26-20(14-24-25-26)18-6-4-16(5-7-18)17-8-10-23-11-9-17/h4-14H,1-3H3. The van der Waals surface area contributed by atoms with Crippen LogP contribution in [-0.2, 0) is 0 Å². The van der Waals surface area contributed by atoms with E-state index < -0.39 is 0 Å². The number of methoxy groups -OCH3 is 2. The SMILES string of the molecule is COc1cc(-n2nncc2-c2ccc(-c3ccncc3)cc2)cc(OC)c1C. The van der Waals surface area contributed by atoms with E-state index in [2.05, 4.69) is 39.6 Å². The van der Waals surface area contributed by atoms with Crippen LogP contribution in [-0.4, -0.2) is 34.2 Å². The Bertz CT molecular complexity index is 1060. The fourth-order valence-corrected chi connectivity index (χ4v) is 3.19. The van der Waals surface area contributed by atoms with Crippen molar-refractivity contribution in [2.24, 2.45) is 0 Å². The first-order chi connectivity index (χ1) is 13.7. The minimum Gasteiger partial charge on any atom is -0.496 e. The zero-order valence-electron chi connectivity index (χ0n) is 16.0. The van der Waals surface area contributed by atoms with Crippen molar-refractivity contribution in [1.29, 1.82) is 0 Å². The molecule has 6 nitrogen and oxygen atoms in total. The molecular formula is C22H20N4O2. The molecule has 2 heterocycles. The molecule has 0 spiro atoms. The van der Waals surface area contributed by atoms with Crippen molar-refractivity contribution < 1.29 is 9.47 Å². The van der Waals surface area contributed by atoms with E-state index in [1.165, 1.54) is 0 Å². The van der Waals surface area contributed by atoms with Crippen molar-refractivity contribution in [3.05, 3.63) is 72.7 Å². The average Bonchev–Trinajstić information content (AvgIpc) is 3.24. The summed E-state index contributed by atoms with van der Waals surface area (Å²) in [6.07, 6.45) is 5.33. The molecule has 0 fully saturated rings. The minimum atomic E-state index is 0.740. The third kappa shape index (κ3) is 3.20. The smallest absolute Gasteiger partial charge is 0.127 e. The Morgan fingerprint density at radius 3 is 1.96 bits per heavy atom. The van der Waals surface area contributed by atoms with Crippen LogP contribution in [0.15, 0.2) is 67.1 Å². The Balaban J connectivity index is 1.74. The molecule has 0 aliphatic rings. The van der Waals surface area contributed by atoms with Gasteiger partial charge < -0.3 is 9.47 Å². The molecule has 0 aliphatic heterocycles. The van der Waals surface area contributed by atoms with Crippen LogP contribution >= 0.6 is 0 Å². The maximum absolute atomic E-state index is 5.49. The molecule has 28 heavy (non-hydrogen) atoms. The average molecular weight is 372 g/mol. The number of aromatic nitrogens is 4. The monoisotopic (exact) mass is 372 g/mol. The first kappa shape index (κ1) is 17.7. The van der Waals surface area contributed by atoms with Crippen LogP contribution in [0.4, 0.5) is 0 Å². The lowest BCUT2D eigenvalue weighted by atomic mass is 10.0. The zero-order valence-corrected chi connectivity index (χ0v) is 16.0. The van der Waals surface area contributed by atoms with E-state index in [0.717, 1.165) is 45.1 Å². The van der Waals surface area contributed by atoms with E-state index in [9.17, 15) is 0 Å². The molecule has 4 aromatic rings. The Labute approximate surface area is 163 Å². The van der Waals surface area contributed by atoms with Crippen molar-refractivity contribution in [1.82, 2.24) is 20.0 Å². The van der Waals surface area contributed by atoms with Crippen molar-refractivity contribution in [2.45, 2.75) is 6.92 Å². The van der Waals surface area contributed by atoms with E-state index in [1.54, 1.807) is 37.5 Å². The second kappa shape index (κ2) is 7.52. The summed E-state index contributed by atoms with van der Waals surface area (Å²) in [5, 5.41) is 8.38. The summed E-state index contributed by atoms with van der Waals surface area (Å²) in [6.45, 7) is 1.96. The number of nitrogens with zero attached hydrogens (tertiary/aromatic N) is 4. The van der Waals surface area contributed by atoms with Crippen molar-refractivity contribution in [3.63, 3.8) is 0 Å². The van der Waals surface area contributed by atoms with Crippen LogP contribution in [0.5, 0.6) is 11.5 Å². The molecule has 0 atom stereocenters. The van der Waals surface area contributed by atoms with Gasteiger partial charge in [-0.15, -0.1) is 5.10 Å². The zero-order chi connectivity index (χ0) is 19.5. The van der Waals surface area contributed by atoms with Crippen LogP contribution in [0.25, 0.3) is 28.1 Å². The fourth-order valence-electron chi connectivity index (χ4n) is 3.19. The first-order valence-electron chi connectivity index (χ1n) is 8.86. The molecule has 0 bridgehead atoms. The largest absolute Gasteiger partial charge is 0.496 e. The molecule has 0 unspecified atom stereocenters. The van der Waals surface area contributed by atoms with Gasteiger partial charge >= 0.3 is 0 Å². The van der Waals surface area contributed by atoms with Crippen LogP contribution in [0, 0.1) is 6.92 Å². The molecule has 0 saturated heterocycles. The maximum atomic E-state index is 5.49. The Hall–Kier alpha value is -3.67. The van der Waals surface area contributed by atoms with Crippen LogP contribution < -0.4 is 9.47 Å². The van der Waals surface area contributed by atoms with Gasteiger partial charge in [0.25, 0.3) is 0 Å². The van der Waals surface area contributed by atoms with Gasteiger partial charge in [-0.05, 0) is 30.2 Å². The number of rotatable bonds is 5. The van der Waals surface area contributed by atoms with Gasteiger partial charge in [0, 0.05) is 35.7 Å². The Morgan fingerprint density at radius 1 is 0.786 bits per heavy atom. The molecule has 2 aromatic carbocycles. The second-order valence-corrected chi connectivity index (χ2v) is 6.32. The molecule has 0 saturated carbocycles. The highest BCUT2D eigenvalue weighted by molar-refractivity contribution is 5.69. The van der Waals surface area contributed by atoms with Crippen molar-refractivity contribution in [3.8, 4) is 39.6 Å². The number of hydrogen-bond donors (Lipinski definition) is 0. The maximum Gasteiger partial charge on any atom is 0.127 e. The van der Waals surface area contributed by atoms with Crippen LogP contribution in [0.2, 0.25) is 0 Å². The summed E-state index contributed by atoms with van der Waals surface area (Å²) in [5.41, 5.74) is 5.92. The van der Waals surface area contributed by atoms with E-state index in [0.29, 0.717) is 0 Å². The Kier molecular flexibility index (Phi) is 4.76. The number of hydrogen-bond acceptors (Lipinski definition) is 5. The third-order valence-electron chi connectivity index (χ3n) is 4.73. The normalized spacial score (nSPS) is 10.7. The summed E-state index contributed by atoms with van der Waals surface area (Å²) in [4.78, 5) is 4.07. The van der Waals surface area contributed by atoms with Gasteiger partial charge in [-0.1, -0.05) is 29.5 Å². The molecule has 0 N–H and O–H groups in total. The molecular weight excluding hydrogens is 352 g/mol. The molecule has 140 valence electrons. The van der Waals surface area contributed by atoms with E-state index in [-0.39, 0.29) is 0 Å². The predicted octanol–water partition coefficient (Wildman–Crippen LogP) is 4.32. The lowest BCUT2D eigenvalue weighted by Gasteiger charge is -2.14. The van der Waals surface area contributed by atoms with Gasteiger partial charge in [-0.3, -0.25) is 4.98 Å². The van der Waals surface area contributed by atoms with Crippen LogP contribution in [0.1, 0.15) is 5.56 Å². The second-order valence-electron chi connectivity index (χ2n) is 6.32. The summed E-state index contributed by atoms with van der Waals surface area (Å²) in [6, 6.07) is 16.1. The number of ether oxygens (including phenoxy) is 2. The molecule has 0 amide bonds. The fraction of sp³-hybridized carbons (Fsp3) is 0.136. The first-order valence-corrected chi connectivity index (χ1v) is 8.86. The van der Waals surface area contributed by atoms with E-state index >= 15 is 0 Å². The quantitative estimate of drug-likeness (QED) is 0.522. The highest BCUT2D eigenvalue weighted by atomic mass is 16.5. The highest BCUT2D eigenvalue weighted by Crippen LogP contribution is 2.33. The number of benzene rings is 2. The third-order valence-corrected chi connectivity index (χ3v) is 4.73. The number of pyridine rings is 1. The molecule has 2 aromatic heterocycles. The summed E-state index contributed by atoms with van der Waals surface area (Å²) in [7, 11) is 3.29. The van der Waals surface area contributed by atoms with Gasteiger partial charge in [0.05, 0.1) is 31.8 Å². The van der Waals surface area contributed by atoms with Crippen molar-refractivity contribution >= 4 is 0 Å². The molecule has 0 aliphatic carbocycles. The van der Waals surface area contributed by atoms with Gasteiger partial charge in [-0.25, -0.2) is 4.68 Å². The summed E-state index contributed by atoms with van der Waals surface area (Å²) >= 11 is 0. The van der Waals surface area contributed by atoms with Gasteiger partial charge in [0.15, 0.2) is 0 Å². The molecule has 6 heteroatoms. The van der Waals surface area contributed by atoms with Crippen molar-refractivity contribution in [2.75, 3.05) is 14.2 Å². The topological polar surface area (TPSA) is 62.1 Å². The summed E-state index contributed by atoms with van der Waals surface area (Å²) in [5.74, 6) is 1.48. The Morgan fingerprint density at radius 2 is 1.36 bits per heavy atom. The van der Waals surface area contributed by atoms with Gasteiger partial charge in [0.2, 0.25) is 0 Å². The van der Waals surface area contributed by atoms with E-state index in [1.807, 2.05) is 31.2 Å². The molecule has 0 radical (unpaired) electrons.